The third-order valence-corrected chi connectivity index (χ3v) is 14.9. The molecule has 3 aliphatic carbocycles. The third kappa shape index (κ3) is 9.13. The minimum Gasteiger partial charge on any atom is -0.456 e. The van der Waals surface area contributed by atoms with E-state index in [4.69, 9.17) is 23.7 Å². The van der Waals surface area contributed by atoms with E-state index in [1.807, 2.05) is 0 Å². The molecule has 1 amide bonds. The zero-order valence-electron chi connectivity index (χ0n) is 39.5. The van der Waals surface area contributed by atoms with Gasteiger partial charge in [0.05, 0.1) is 35.6 Å². The fourth-order valence-electron chi connectivity index (χ4n) is 11.1. The number of ketones is 1. The van der Waals surface area contributed by atoms with Crippen molar-refractivity contribution in [2.45, 2.75) is 147 Å². The van der Waals surface area contributed by atoms with Crippen LogP contribution < -0.4 is 5.32 Å². The number of esters is 4. The number of hydrogen-bond donors (Lipinski definition) is 4. The second-order valence-corrected chi connectivity index (χ2v) is 19.4. The van der Waals surface area contributed by atoms with E-state index >= 15 is 4.79 Å². The highest BCUT2D eigenvalue weighted by Crippen LogP contribution is 2.64. The average molecular weight is 938 g/mol. The number of aliphatic hydroxyl groups is 3. The molecule has 1 aliphatic heterocycles. The Hall–Kier alpha value is -5.74. The van der Waals surface area contributed by atoms with Crippen LogP contribution in [0.4, 0.5) is 0 Å². The summed E-state index contributed by atoms with van der Waals surface area (Å²) in [6, 6.07) is 23.1. The summed E-state index contributed by atoms with van der Waals surface area (Å²) >= 11 is 0. The Bertz CT molecular complexity index is 2390. The first-order valence-electron chi connectivity index (χ1n) is 23.5. The number of hydrogen-bond acceptors (Lipinski definition) is 14. The number of amides is 1. The largest absolute Gasteiger partial charge is 0.456 e. The minimum absolute atomic E-state index is 0.0287. The van der Waals surface area contributed by atoms with Gasteiger partial charge in [0.25, 0.3) is 5.91 Å². The van der Waals surface area contributed by atoms with Gasteiger partial charge in [-0.15, -0.1) is 0 Å². The molecule has 1 saturated heterocycles. The average Bonchev–Trinajstić information content (AvgIpc) is 3.32. The lowest BCUT2D eigenvalue weighted by Gasteiger charge is -2.67. The van der Waals surface area contributed by atoms with E-state index in [2.05, 4.69) is 12.2 Å². The topological polar surface area (TPSA) is 221 Å². The fourth-order valence-corrected chi connectivity index (χ4v) is 11.1. The normalized spacial score (nSPS) is 30.1. The maximum atomic E-state index is 15.9. The van der Waals surface area contributed by atoms with Crippen molar-refractivity contribution in [3.05, 3.63) is 119 Å². The lowest BCUT2D eigenvalue weighted by atomic mass is 9.44. The van der Waals surface area contributed by atoms with Crippen molar-refractivity contribution < 1.29 is 67.8 Å². The number of rotatable bonds is 16. The number of unbranched alkanes of at least 4 members (excludes halogenated alkanes) is 4. The van der Waals surface area contributed by atoms with Crippen LogP contribution in [-0.2, 0) is 42.9 Å². The second-order valence-electron chi connectivity index (χ2n) is 19.4. The molecule has 15 heteroatoms. The first-order chi connectivity index (χ1) is 32.3. The summed E-state index contributed by atoms with van der Waals surface area (Å²) in [4.78, 5) is 85.5. The lowest BCUT2D eigenvalue weighted by Crippen LogP contribution is -2.82. The van der Waals surface area contributed by atoms with E-state index < -0.39 is 113 Å². The number of benzene rings is 3. The number of aliphatic hydroxyl groups excluding tert-OH is 2. The molecular formula is C53H63NO14. The van der Waals surface area contributed by atoms with Gasteiger partial charge in [0.15, 0.2) is 23.6 Å². The van der Waals surface area contributed by atoms with Crippen LogP contribution >= 0.6 is 0 Å². The van der Waals surface area contributed by atoms with E-state index in [1.54, 1.807) is 99.6 Å². The van der Waals surface area contributed by atoms with Gasteiger partial charge in [0.1, 0.15) is 23.9 Å². The van der Waals surface area contributed by atoms with Crippen LogP contribution in [0.15, 0.2) is 102 Å². The Morgan fingerprint density at radius 1 is 0.838 bits per heavy atom. The van der Waals surface area contributed by atoms with E-state index in [0.29, 0.717) is 12.0 Å². The molecule has 4 aliphatic rings. The van der Waals surface area contributed by atoms with Crippen molar-refractivity contribution in [1.29, 1.82) is 0 Å². The van der Waals surface area contributed by atoms with Gasteiger partial charge in [0, 0.05) is 37.2 Å². The first kappa shape index (κ1) is 50.1. The molecule has 11 atom stereocenters. The van der Waals surface area contributed by atoms with Crippen LogP contribution in [0.5, 0.6) is 0 Å². The molecule has 0 radical (unpaired) electrons. The highest BCUT2D eigenvalue weighted by Gasteiger charge is 2.78. The smallest absolute Gasteiger partial charge is 0.338 e. The molecule has 2 bridgehead atoms. The molecule has 0 spiro atoms. The summed E-state index contributed by atoms with van der Waals surface area (Å²) in [6.45, 7) is 9.12. The van der Waals surface area contributed by atoms with Crippen LogP contribution in [0.3, 0.4) is 0 Å². The molecule has 4 N–H and O–H groups in total. The van der Waals surface area contributed by atoms with Crippen LogP contribution in [0.25, 0.3) is 0 Å². The molecule has 3 unspecified atom stereocenters. The lowest BCUT2D eigenvalue weighted by molar-refractivity contribution is -0.346. The molecule has 0 aromatic heterocycles. The van der Waals surface area contributed by atoms with Gasteiger partial charge >= 0.3 is 23.9 Å². The van der Waals surface area contributed by atoms with Crippen molar-refractivity contribution in [3.8, 4) is 0 Å². The van der Waals surface area contributed by atoms with E-state index in [0.717, 1.165) is 25.7 Å². The van der Waals surface area contributed by atoms with Crippen molar-refractivity contribution in [2.75, 3.05) is 6.61 Å². The van der Waals surface area contributed by atoms with Gasteiger partial charge in [-0.25, -0.2) is 9.59 Å². The number of ether oxygens (including phenoxy) is 5. The molecule has 1 heterocycles. The Balaban J connectivity index is 1.38. The highest BCUT2D eigenvalue weighted by atomic mass is 16.6. The summed E-state index contributed by atoms with van der Waals surface area (Å²) in [7, 11) is 0. The Morgan fingerprint density at radius 2 is 1.44 bits per heavy atom. The van der Waals surface area contributed by atoms with E-state index in [1.165, 1.54) is 26.0 Å². The molecule has 3 aromatic rings. The summed E-state index contributed by atoms with van der Waals surface area (Å²) in [5.41, 5.74) is -6.98. The molecule has 3 fully saturated rings. The fraction of sp³-hybridized carbons (Fsp3) is 0.509. The molecular weight excluding hydrogens is 875 g/mol. The van der Waals surface area contributed by atoms with Gasteiger partial charge in [-0.2, -0.15) is 0 Å². The molecule has 3 aromatic carbocycles. The third-order valence-electron chi connectivity index (χ3n) is 14.9. The summed E-state index contributed by atoms with van der Waals surface area (Å²) < 4.78 is 31.0. The number of fused-ring (bicyclic) bond motifs is 5. The second kappa shape index (κ2) is 20.1. The van der Waals surface area contributed by atoms with E-state index in [9.17, 15) is 39.3 Å². The van der Waals surface area contributed by atoms with Gasteiger partial charge in [-0.3, -0.25) is 19.2 Å². The van der Waals surface area contributed by atoms with Gasteiger partial charge < -0.3 is 44.3 Å². The predicted molar refractivity (Wildman–Crippen MR) is 245 cm³/mol. The van der Waals surface area contributed by atoms with Crippen molar-refractivity contribution >= 4 is 35.6 Å². The molecule has 364 valence electrons. The number of nitrogens with one attached hydrogen (secondary N) is 1. The molecule has 15 nitrogen and oxygen atoms in total. The van der Waals surface area contributed by atoms with Crippen molar-refractivity contribution in [3.63, 3.8) is 0 Å². The Labute approximate surface area is 396 Å². The maximum Gasteiger partial charge on any atom is 0.338 e. The number of carbonyl (C=O) groups excluding carboxylic acids is 6. The zero-order valence-corrected chi connectivity index (χ0v) is 39.5. The van der Waals surface area contributed by atoms with E-state index in [-0.39, 0.29) is 41.7 Å². The quantitative estimate of drug-likeness (QED) is 0.0554. The van der Waals surface area contributed by atoms with Gasteiger partial charge in [0.2, 0.25) is 0 Å². The van der Waals surface area contributed by atoms with Crippen LogP contribution in [0, 0.1) is 16.7 Å². The number of carbonyl (C=O) groups is 6. The minimum atomic E-state index is -2.40. The molecule has 7 rings (SSSR count). The van der Waals surface area contributed by atoms with Gasteiger partial charge in [-0.1, -0.05) is 113 Å². The van der Waals surface area contributed by atoms with Crippen molar-refractivity contribution in [2.24, 2.45) is 16.7 Å². The Morgan fingerprint density at radius 3 is 2.03 bits per heavy atom. The molecule has 2 saturated carbocycles. The summed E-state index contributed by atoms with van der Waals surface area (Å²) in [5, 5.41) is 40.8. The van der Waals surface area contributed by atoms with Gasteiger partial charge in [-0.05, 0) is 61.2 Å². The van der Waals surface area contributed by atoms with Crippen LogP contribution in [0.1, 0.15) is 125 Å². The summed E-state index contributed by atoms with van der Waals surface area (Å²) in [6.07, 6.45) is -6.55. The predicted octanol–water partition coefficient (Wildman–Crippen LogP) is 6.08. The number of Topliss-reactive ketones (excluding diaryl/α,β-unsaturated/α-hetero) is 1. The van der Waals surface area contributed by atoms with Crippen LogP contribution in [0.2, 0.25) is 0 Å². The monoisotopic (exact) mass is 937 g/mol. The first-order valence-corrected chi connectivity index (χ1v) is 23.5. The zero-order chi connectivity index (χ0) is 49.2. The molecule has 68 heavy (non-hydrogen) atoms. The summed E-state index contributed by atoms with van der Waals surface area (Å²) in [5.74, 6) is -6.62. The Kier molecular flexibility index (Phi) is 14.8. The maximum absolute atomic E-state index is 15.9. The highest BCUT2D eigenvalue weighted by molar-refractivity contribution is 5.96. The van der Waals surface area contributed by atoms with Crippen molar-refractivity contribution in [1.82, 2.24) is 5.32 Å². The standard InChI is InChI=1S/C53H63NO14/c1-7-8-9-10-20-27-39(57)66-43-40-31(2)36(65-49(62)42(58)41(33-21-14-11-15-22-33)54-47(60)34-23-16-12-17-24-34)29-53(63,50(40,4)5)46(67-48(61)35-25-18-13-19-26-35)44-51(6,45(43)59)37(56)28-38-52(44,30-64-38)68-32(3)55/h11-19,21-26,36-38,41-44,46,56,58,63H,7-10,20,27-30H2,1-6H3,(H,54,60)/t36-,37-,38+,41?,42?,43+,44?,46-,51+,52-,53+/m0/s1. The SMILES string of the molecule is CCCCCCCC(=O)O[C@H]1C(=O)[C@@]2(C)C([C@H](OC(=O)c3ccccc3)[C@]3(O)C[C@H](OC(=O)C(O)C(NC(=O)c4ccccc4)c4ccccc4)C(C)=C1C3(C)C)[C@]1(OC(C)=O)CO[C@@H]1C[C@@H]2O. The van der Waals surface area contributed by atoms with Crippen LogP contribution in [-0.4, -0.2) is 105 Å².